The molecule has 0 aliphatic heterocycles. The minimum atomic E-state index is 0.709. The van der Waals surface area contributed by atoms with Gasteiger partial charge in [0.05, 0.1) is 12.7 Å². The predicted octanol–water partition coefficient (Wildman–Crippen LogP) is 4.25. The molecule has 3 nitrogen and oxygen atoms in total. The van der Waals surface area contributed by atoms with Gasteiger partial charge >= 0.3 is 0 Å². The first-order chi connectivity index (χ1) is 8.83. The Labute approximate surface area is 109 Å². The maximum atomic E-state index is 5.42. The predicted molar refractivity (Wildman–Crippen MR) is 75.7 cm³/mol. The Morgan fingerprint density at radius 2 is 2.11 bits per heavy atom. The lowest BCUT2D eigenvalue weighted by Gasteiger charge is -2.09. The zero-order valence-electron chi connectivity index (χ0n) is 11.3. The molecule has 0 aliphatic rings. The molecule has 0 fully saturated rings. The van der Waals surface area contributed by atoms with Crippen molar-refractivity contribution in [1.29, 1.82) is 0 Å². The molecule has 0 spiro atoms. The van der Waals surface area contributed by atoms with Gasteiger partial charge in [-0.3, -0.25) is 0 Å². The number of nitrogens with zero attached hydrogens (tertiary/aromatic N) is 1. The molecule has 0 amide bonds. The molecule has 0 aliphatic carbocycles. The number of ether oxygens (including phenoxy) is 1. The SMILES string of the molecule is C/C=C(\O/N=C/CCCC)c1ccccc1OC. The topological polar surface area (TPSA) is 30.8 Å². The van der Waals surface area contributed by atoms with Crippen molar-refractivity contribution in [3.05, 3.63) is 35.9 Å². The van der Waals surface area contributed by atoms with E-state index in [0.717, 1.165) is 30.6 Å². The van der Waals surface area contributed by atoms with Gasteiger partial charge in [-0.15, -0.1) is 0 Å². The second-order valence-electron chi connectivity index (χ2n) is 3.87. The van der Waals surface area contributed by atoms with Crippen LogP contribution in [0.25, 0.3) is 5.76 Å². The second kappa shape index (κ2) is 8.34. The van der Waals surface area contributed by atoms with Crippen molar-refractivity contribution < 1.29 is 9.57 Å². The third kappa shape index (κ3) is 4.24. The summed E-state index contributed by atoms with van der Waals surface area (Å²) >= 11 is 0. The van der Waals surface area contributed by atoms with E-state index in [9.17, 15) is 0 Å². The summed E-state index contributed by atoms with van der Waals surface area (Å²) in [5.41, 5.74) is 0.912. The van der Waals surface area contributed by atoms with Gasteiger partial charge in [0.1, 0.15) is 5.75 Å². The summed E-state index contributed by atoms with van der Waals surface area (Å²) in [6, 6.07) is 7.74. The number of benzene rings is 1. The van der Waals surface area contributed by atoms with Crippen molar-refractivity contribution in [2.45, 2.75) is 33.1 Å². The summed E-state index contributed by atoms with van der Waals surface area (Å²) < 4.78 is 5.30. The van der Waals surface area contributed by atoms with E-state index in [1.165, 1.54) is 0 Å². The lowest BCUT2D eigenvalue weighted by atomic mass is 10.1. The average Bonchev–Trinajstić information content (AvgIpc) is 2.43. The summed E-state index contributed by atoms with van der Waals surface area (Å²) in [5.74, 6) is 1.49. The molecule has 98 valence electrons. The number of oxime groups is 1. The van der Waals surface area contributed by atoms with Gasteiger partial charge in [-0.1, -0.05) is 30.6 Å². The lowest BCUT2D eigenvalue weighted by Crippen LogP contribution is -1.93. The van der Waals surface area contributed by atoms with Crippen molar-refractivity contribution >= 4 is 12.0 Å². The van der Waals surface area contributed by atoms with Crippen molar-refractivity contribution in [3.63, 3.8) is 0 Å². The van der Waals surface area contributed by atoms with E-state index in [-0.39, 0.29) is 0 Å². The highest BCUT2D eigenvalue weighted by atomic mass is 16.6. The van der Waals surface area contributed by atoms with E-state index < -0.39 is 0 Å². The van der Waals surface area contributed by atoms with Crippen LogP contribution < -0.4 is 4.74 Å². The number of rotatable bonds is 7. The molecule has 1 aromatic rings. The molecule has 18 heavy (non-hydrogen) atoms. The molecule has 0 atom stereocenters. The molecular weight excluding hydrogens is 226 g/mol. The summed E-state index contributed by atoms with van der Waals surface area (Å²) in [7, 11) is 1.65. The molecule has 0 unspecified atom stereocenters. The largest absolute Gasteiger partial charge is 0.496 e. The third-order valence-electron chi connectivity index (χ3n) is 2.55. The Hall–Kier alpha value is -1.77. The normalized spacial score (nSPS) is 11.8. The molecule has 3 heteroatoms. The first kappa shape index (κ1) is 14.3. The summed E-state index contributed by atoms with van der Waals surface area (Å²) in [5, 5.41) is 3.98. The first-order valence-corrected chi connectivity index (χ1v) is 6.32. The minimum absolute atomic E-state index is 0.709. The quantitative estimate of drug-likeness (QED) is 0.312. The molecule has 0 aromatic heterocycles. The number of allylic oxidation sites excluding steroid dienone is 1. The van der Waals surface area contributed by atoms with Crippen molar-refractivity contribution in [3.8, 4) is 5.75 Å². The number of hydrogen-bond donors (Lipinski definition) is 0. The van der Waals surface area contributed by atoms with Gasteiger partial charge in [0, 0.05) is 6.21 Å². The fourth-order valence-corrected chi connectivity index (χ4v) is 1.55. The highest BCUT2D eigenvalue weighted by Gasteiger charge is 2.07. The standard InChI is InChI=1S/C15H21NO2/c1-4-6-9-12-16-18-14(5-2)13-10-7-8-11-15(13)17-3/h5,7-8,10-12H,4,6,9H2,1-3H3/b14-5-,16-12+. The fourth-order valence-electron chi connectivity index (χ4n) is 1.55. The molecule has 0 radical (unpaired) electrons. The summed E-state index contributed by atoms with van der Waals surface area (Å²) in [4.78, 5) is 5.42. The zero-order chi connectivity index (χ0) is 13.2. The molecule has 0 N–H and O–H groups in total. The number of unbranched alkanes of at least 4 members (excludes halogenated alkanes) is 2. The van der Waals surface area contributed by atoms with Crippen LogP contribution in [0.15, 0.2) is 35.5 Å². The van der Waals surface area contributed by atoms with Gasteiger partial charge in [-0.25, -0.2) is 0 Å². The van der Waals surface area contributed by atoms with E-state index in [1.54, 1.807) is 7.11 Å². The Morgan fingerprint density at radius 1 is 1.33 bits per heavy atom. The molecule has 1 aromatic carbocycles. The minimum Gasteiger partial charge on any atom is -0.496 e. The van der Waals surface area contributed by atoms with Crippen molar-refractivity contribution in [1.82, 2.24) is 0 Å². The van der Waals surface area contributed by atoms with Crippen molar-refractivity contribution in [2.75, 3.05) is 7.11 Å². The van der Waals surface area contributed by atoms with Crippen LogP contribution in [0.2, 0.25) is 0 Å². The number of hydrogen-bond acceptors (Lipinski definition) is 3. The smallest absolute Gasteiger partial charge is 0.164 e. The lowest BCUT2D eigenvalue weighted by molar-refractivity contribution is 0.296. The second-order valence-corrected chi connectivity index (χ2v) is 3.87. The number of methoxy groups -OCH3 is 1. The number of para-hydroxylation sites is 1. The van der Waals surface area contributed by atoms with E-state index in [0.29, 0.717) is 5.76 Å². The highest BCUT2D eigenvalue weighted by molar-refractivity contribution is 5.66. The molecule has 1 rings (SSSR count). The summed E-state index contributed by atoms with van der Waals surface area (Å²) in [6.07, 6.45) is 6.93. The van der Waals surface area contributed by atoms with Crippen molar-refractivity contribution in [2.24, 2.45) is 5.16 Å². The average molecular weight is 247 g/mol. The van der Waals surface area contributed by atoms with Crippen LogP contribution in [0.1, 0.15) is 38.7 Å². The monoisotopic (exact) mass is 247 g/mol. The van der Waals surface area contributed by atoms with E-state index in [2.05, 4.69) is 12.1 Å². The van der Waals surface area contributed by atoms with Gasteiger partial charge in [-0.05, 0) is 38.0 Å². The molecule has 0 saturated carbocycles. The van der Waals surface area contributed by atoms with E-state index >= 15 is 0 Å². The summed E-state index contributed by atoms with van der Waals surface area (Å²) in [6.45, 7) is 4.07. The first-order valence-electron chi connectivity index (χ1n) is 6.32. The Balaban J connectivity index is 2.69. The Bertz CT molecular complexity index is 411. The van der Waals surface area contributed by atoms with Crippen LogP contribution in [-0.4, -0.2) is 13.3 Å². The van der Waals surface area contributed by atoms with Crippen LogP contribution >= 0.6 is 0 Å². The van der Waals surface area contributed by atoms with Crippen LogP contribution in [0, 0.1) is 0 Å². The zero-order valence-corrected chi connectivity index (χ0v) is 11.3. The van der Waals surface area contributed by atoms with Crippen LogP contribution in [0.3, 0.4) is 0 Å². The van der Waals surface area contributed by atoms with E-state index in [1.807, 2.05) is 43.5 Å². The van der Waals surface area contributed by atoms with Gasteiger partial charge < -0.3 is 9.57 Å². The Morgan fingerprint density at radius 3 is 2.78 bits per heavy atom. The van der Waals surface area contributed by atoms with Crippen LogP contribution in [0.5, 0.6) is 5.75 Å². The van der Waals surface area contributed by atoms with E-state index in [4.69, 9.17) is 9.57 Å². The molecule has 0 heterocycles. The Kier molecular flexibility index (Phi) is 6.62. The fraction of sp³-hybridized carbons (Fsp3) is 0.400. The van der Waals surface area contributed by atoms with Crippen LogP contribution in [-0.2, 0) is 4.84 Å². The van der Waals surface area contributed by atoms with Gasteiger partial charge in [0.2, 0.25) is 0 Å². The maximum absolute atomic E-state index is 5.42. The molecule has 0 saturated heterocycles. The molecule has 0 bridgehead atoms. The third-order valence-corrected chi connectivity index (χ3v) is 2.55. The maximum Gasteiger partial charge on any atom is 0.164 e. The van der Waals surface area contributed by atoms with Crippen LogP contribution in [0.4, 0.5) is 0 Å². The van der Waals surface area contributed by atoms with Gasteiger partial charge in [0.15, 0.2) is 5.76 Å². The molecular formula is C15H21NO2. The highest BCUT2D eigenvalue weighted by Crippen LogP contribution is 2.26. The van der Waals surface area contributed by atoms with Gasteiger partial charge in [-0.2, -0.15) is 0 Å². The van der Waals surface area contributed by atoms with Gasteiger partial charge in [0.25, 0.3) is 0 Å².